The van der Waals surface area contributed by atoms with E-state index in [-0.39, 0.29) is 18.6 Å². The van der Waals surface area contributed by atoms with Gasteiger partial charge in [-0.05, 0) is 12.0 Å². The predicted molar refractivity (Wildman–Crippen MR) is 65.4 cm³/mol. The molecule has 1 aliphatic heterocycles. The summed E-state index contributed by atoms with van der Waals surface area (Å²) in [7, 11) is 0. The highest BCUT2D eigenvalue weighted by atomic mass is 16.3. The molecule has 1 unspecified atom stereocenters. The van der Waals surface area contributed by atoms with Crippen molar-refractivity contribution in [3.8, 4) is 0 Å². The van der Waals surface area contributed by atoms with E-state index in [9.17, 15) is 4.79 Å². The number of carbonyl (C=O) groups is 1. The smallest absolute Gasteiger partial charge is 0.240 e. The molecule has 2 rings (SSSR count). The van der Waals surface area contributed by atoms with Crippen LogP contribution in [0.15, 0.2) is 30.3 Å². The number of rotatable bonds is 4. The second kappa shape index (κ2) is 5.80. The van der Waals surface area contributed by atoms with Crippen LogP contribution in [0.2, 0.25) is 0 Å². The third kappa shape index (κ3) is 3.05. The number of nitrogens with zero attached hydrogens (tertiary/aromatic N) is 1. The van der Waals surface area contributed by atoms with Gasteiger partial charge in [0.15, 0.2) is 0 Å². The van der Waals surface area contributed by atoms with Crippen molar-refractivity contribution in [2.45, 2.75) is 19.0 Å². The molecule has 1 aromatic carbocycles. The number of aliphatic hydroxyl groups excluding tert-OH is 1. The summed E-state index contributed by atoms with van der Waals surface area (Å²) >= 11 is 0. The van der Waals surface area contributed by atoms with Crippen LogP contribution in [0.25, 0.3) is 0 Å². The molecule has 92 valence electrons. The summed E-state index contributed by atoms with van der Waals surface area (Å²) in [4.78, 5) is 13.9. The molecule has 1 amide bonds. The van der Waals surface area contributed by atoms with Gasteiger partial charge in [-0.1, -0.05) is 30.3 Å². The van der Waals surface area contributed by atoms with Crippen molar-refractivity contribution in [1.29, 1.82) is 0 Å². The first-order valence-electron chi connectivity index (χ1n) is 5.98. The molecule has 0 saturated carbocycles. The van der Waals surface area contributed by atoms with Crippen molar-refractivity contribution < 1.29 is 9.90 Å². The summed E-state index contributed by atoms with van der Waals surface area (Å²) in [6.45, 7) is 2.23. The Labute approximate surface area is 101 Å². The van der Waals surface area contributed by atoms with E-state index >= 15 is 0 Å². The van der Waals surface area contributed by atoms with E-state index in [4.69, 9.17) is 5.11 Å². The Morgan fingerprint density at radius 3 is 2.82 bits per heavy atom. The van der Waals surface area contributed by atoms with Crippen LogP contribution in [-0.4, -0.2) is 41.7 Å². The molecule has 1 fully saturated rings. The van der Waals surface area contributed by atoms with Crippen LogP contribution in [0.5, 0.6) is 0 Å². The third-order valence-corrected chi connectivity index (χ3v) is 3.02. The zero-order valence-electron chi connectivity index (χ0n) is 9.80. The molecular weight excluding hydrogens is 216 g/mol. The Morgan fingerprint density at radius 1 is 1.35 bits per heavy atom. The van der Waals surface area contributed by atoms with Crippen molar-refractivity contribution in [3.63, 3.8) is 0 Å². The van der Waals surface area contributed by atoms with Crippen molar-refractivity contribution in [3.05, 3.63) is 35.9 Å². The zero-order valence-corrected chi connectivity index (χ0v) is 9.80. The first kappa shape index (κ1) is 12.1. The van der Waals surface area contributed by atoms with Crippen LogP contribution < -0.4 is 5.32 Å². The van der Waals surface area contributed by atoms with E-state index < -0.39 is 0 Å². The molecule has 2 N–H and O–H groups in total. The van der Waals surface area contributed by atoms with Crippen LogP contribution in [0.4, 0.5) is 0 Å². The summed E-state index contributed by atoms with van der Waals surface area (Å²) in [5.41, 5.74) is 1.14. The average Bonchev–Trinajstić information content (AvgIpc) is 2.36. The summed E-state index contributed by atoms with van der Waals surface area (Å²) in [6.07, 6.45) is 0.490. The van der Waals surface area contributed by atoms with E-state index in [1.807, 2.05) is 35.2 Å². The molecule has 0 bridgehead atoms. The Balaban J connectivity index is 1.98. The van der Waals surface area contributed by atoms with Crippen LogP contribution in [0, 0.1) is 0 Å². The number of piperazine rings is 1. The number of hydrogen-bond donors (Lipinski definition) is 2. The summed E-state index contributed by atoms with van der Waals surface area (Å²) < 4.78 is 0. The van der Waals surface area contributed by atoms with Gasteiger partial charge in [0.05, 0.1) is 6.04 Å². The maximum absolute atomic E-state index is 12.1. The first-order valence-corrected chi connectivity index (χ1v) is 5.98. The number of benzene rings is 1. The third-order valence-electron chi connectivity index (χ3n) is 3.02. The van der Waals surface area contributed by atoms with Gasteiger partial charge >= 0.3 is 0 Å². The lowest BCUT2D eigenvalue weighted by molar-refractivity contribution is -0.136. The number of nitrogens with one attached hydrogen (secondary N) is 1. The molecule has 1 atom stereocenters. The monoisotopic (exact) mass is 234 g/mol. The summed E-state index contributed by atoms with van der Waals surface area (Å²) in [6, 6.07) is 9.75. The molecule has 0 spiro atoms. The quantitative estimate of drug-likeness (QED) is 0.791. The Morgan fingerprint density at radius 2 is 2.12 bits per heavy atom. The van der Waals surface area contributed by atoms with Crippen LogP contribution in [0.1, 0.15) is 12.0 Å². The average molecular weight is 234 g/mol. The molecule has 0 aromatic heterocycles. The minimum Gasteiger partial charge on any atom is -0.396 e. The highest BCUT2D eigenvalue weighted by molar-refractivity contribution is 5.82. The molecule has 1 saturated heterocycles. The van der Waals surface area contributed by atoms with Gasteiger partial charge in [0.25, 0.3) is 0 Å². The molecule has 0 aliphatic carbocycles. The van der Waals surface area contributed by atoms with Crippen LogP contribution >= 0.6 is 0 Å². The minimum atomic E-state index is -0.225. The van der Waals surface area contributed by atoms with E-state index in [0.29, 0.717) is 13.0 Å². The van der Waals surface area contributed by atoms with Gasteiger partial charge in [-0.3, -0.25) is 4.79 Å². The minimum absolute atomic E-state index is 0.0442. The number of amides is 1. The Bertz CT molecular complexity index is 365. The van der Waals surface area contributed by atoms with Crippen LogP contribution in [-0.2, 0) is 11.3 Å². The molecule has 17 heavy (non-hydrogen) atoms. The van der Waals surface area contributed by atoms with E-state index in [2.05, 4.69) is 5.32 Å². The maximum Gasteiger partial charge on any atom is 0.240 e. The normalized spacial score (nSPS) is 20.6. The SMILES string of the molecule is O=C1C(CCO)NCCN1Cc1ccccc1. The topological polar surface area (TPSA) is 52.6 Å². The lowest BCUT2D eigenvalue weighted by Crippen LogP contribution is -2.54. The van der Waals surface area contributed by atoms with Gasteiger partial charge in [-0.25, -0.2) is 0 Å². The van der Waals surface area contributed by atoms with Gasteiger partial charge in [0.1, 0.15) is 0 Å². The van der Waals surface area contributed by atoms with Gasteiger partial charge in [-0.2, -0.15) is 0 Å². The molecule has 4 heteroatoms. The Kier molecular flexibility index (Phi) is 4.12. The number of carbonyl (C=O) groups excluding carboxylic acids is 1. The van der Waals surface area contributed by atoms with Crippen LogP contribution in [0.3, 0.4) is 0 Å². The highest BCUT2D eigenvalue weighted by Gasteiger charge is 2.27. The lowest BCUT2D eigenvalue weighted by atomic mass is 10.1. The predicted octanol–water partition coefficient (Wildman–Crippen LogP) is 0.369. The molecule has 1 aliphatic rings. The molecular formula is C13H18N2O2. The van der Waals surface area contributed by atoms with Crippen molar-refractivity contribution in [1.82, 2.24) is 10.2 Å². The lowest BCUT2D eigenvalue weighted by Gasteiger charge is -2.33. The van der Waals surface area contributed by atoms with Gasteiger partial charge in [0, 0.05) is 26.2 Å². The summed E-state index contributed by atoms with van der Waals surface area (Å²) in [5, 5.41) is 12.0. The zero-order chi connectivity index (χ0) is 12.1. The fourth-order valence-electron chi connectivity index (χ4n) is 2.11. The molecule has 0 radical (unpaired) electrons. The van der Waals surface area contributed by atoms with Gasteiger partial charge < -0.3 is 15.3 Å². The van der Waals surface area contributed by atoms with Gasteiger partial charge in [-0.15, -0.1) is 0 Å². The van der Waals surface area contributed by atoms with E-state index in [0.717, 1.165) is 18.7 Å². The van der Waals surface area contributed by atoms with Crippen molar-refractivity contribution >= 4 is 5.91 Å². The second-order valence-corrected chi connectivity index (χ2v) is 4.26. The largest absolute Gasteiger partial charge is 0.396 e. The molecule has 1 heterocycles. The molecule has 1 aromatic rings. The van der Waals surface area contributed by atoms with Gasteiger partial charge in [0.2, 0.25) is 5.91 Å². The van der Waals surface area contributed by atoms with Crippen molar-refractivity contribution in [2.24, 2.45) is 0 Å². The number of aliphatic hydroxyl groups is 1. The highest BCUT2D eigenvalue weighted by Crippen LogP contribution is 2.10. The fourth-order valence-corrected chi connectivity index (χ4v) is 2.11. The first-order chi connectivity index (χ1) is 8.31. The second-order valence-electron chi connectivity index (χ2n) is 4.26. The Hall–Kier alpha value is -1.39. The fraction of sp³-hybridized carbons (Fsp3) is 0.462. The molecule has 4 nitrogen and oxygen atoms in total. The summed E-state index contributed by atoms with van der Waals surface area (Å²) in [5.74, 6) is 0.0918. The standard InChI is InChI=1S/C13H18N2O2/c16-9-6-12-13(17)15(8-7-14-12)10-11-4-2-1-3-5-11/h1-5,12,14,16H,6-10H2. The van der Waals surface area contributed by atoms with E-state index in [1.165, 1.54) is 0 Å². The number of hydrogen-bond acceptors (Lipinski definition) is 3. The maximum atomic E-state index is 12.1. The van der Waals surface area contributed by atoms with E-state index in [1.54, 1.807) is 0 Å². The van der Waals surface area contributed by atoms with Crippen molar-refractivity contribution in [2.75, 3.05) is 19.7 Å².